The van der Waals surface area contributed by atoms with E-state index in [2.05, 4.69) is 261 Å². The van der Waals surface area contributed by atoms with Gasteiger partial charge in [-0.05, 0) is 145 Å². The van der Waals surface area contributed by atoms with Gasteiger partial charge in [-0.15, -0.1) is 0 Å². The molecule has 1 aliphatic carbocycles. The molecule has 0 N–H and O–H groups in total. The summed E-state index contributed by atoms with van der Waals surface area (Å²) in [6.07, 6.45) is 0. The molecular formula is C71H46N2O. The fraction of sp³-hybridized carbons (Fsp3) is 0.0141. The standard InChI is InChI=1S/C71H46N2O/c1-6-20-47(21-7-1)52-38-54(50-35-37-69-63(44-50)62-31-17-19-33-68(62)74-69)42-56(40-52)66-46-67(73-70(72-66)49-24-10-3-11-25-49)57-41-53(48-22-8-2-9-23-48)39-55(43-57)51-34-36-61-60-30-16-18-32-64(60)71(65(61)45-51,58-26-12-4-13-27-58)59-28-14-5-15-29-59/h1-46H. The minimum Gasteiger partial charge on any atom is -0.456 e. The molecule has 0 bridgehead atoms. The quantitative estimate of drug-likeness (QED) is 0.145. The van der Waals surface area contributed by atoms with E-state index in [-0.39, 0.29) is 0 Å². The van der Waals surface area contributed by atoms with Crippen molar-refractivity contribution >= 4 is 21.9 Å². The molecule has 346 valence electrons. The zero-order valence-corrected chi connectivity index (χ0v) is 40.4. The van der Waals surface area contributed by atoms with Crippen LogP contribution in [-0.4, -0.2) is 9.97 Å². The van der Waals surface area contributed by atoms with Gasteiger partial charge in [-0.3, -0.25) is 0 Å². The largest absolute Gasteiger partial charge is 0.456 e. The van der Waals surface area contributed by atoms with Gasteiger partial charge in [0.25, 0.3) is 0 Å². The Kier molecular flexibility index (Phi) is 10.4. The first-order valence-corrected chi connectivity index (χ1v) is 25.3. The number of rotatable bonds is 9. The number of hydrogen-bond donors (Lipinski definition) is 0. The van der Waals surface area contributed by atoms with Crippen molar-refractivity contribution in [2.75, 3.05) is 0 Å². The molecule has 0 radical (unpaired) electrons. The Labute approximate surface area is 430 Å². The fourth-order valence-electron chi connectivity index (χ4n) is 11.5. The van der Waals surface area contributed by atoms with Crippen molar-refractivity contribution in [1.82, 2.24) is 9.97 Å². The van der Waals surface area contributed by atoms with Gasteiger partial charge < -0.3 is 4.42 Å². The van der Waals surface area contributed by atoms with Crippen LogP contribution < -0.4 is 0 Å². The van der Waals surface area contributed by atoms with E-state index in [9.17, 15) is 0 Å². The summed E-state index contributed by atoms with van der Waals surface area (Å²) < 4.78 is 6.27. The van der Waals surface area contributed by atoms with Crippen molar-refractivity contribution in [3.05, 3.63) is 301 Å². The number of benzene rings is 11. The number of para-hydroxylation sites is 1. The first-order chi connectivity index (χ1) is 36.6. The van der Waals surface area contributed by atoms with Crippen molar-refractivity contribution in [3.8, 4) is 89.5 Å². The summed E-state index contributed by atoms with van der Waals surface area (Å²) in [5, 5.41) is 2.19. The van der Waals surface area contributed by atoms with Gasteiger partial charge in [0.1, 0.15) is 11.2 Å². The fourth-order valence-corrected chi connectivity index (χ4v) is 11.5. The minimum atomic E-state index is -0.526. The Hall–Kier alpha value is -9.70. The zero-order chi connectivity index (χ0) is 49.0. The zero-order valence-electron chi connectivity index (χ0n) is 40.4. The first kappa shape index (κ1) is 43.1. The third-order valence-corrected chi connectivity index (χ3v) is 14.9. The van der Waals surface area contributed by atoms with Gasteiger partial charge in [-0.1, -0.05) is 212 Å². The van der Waals surface area contributed by atoms with Crippen LogP contribution in [0.1, 0.15) is 22.3 Å². The van der Waals surface area contributed by atoms with Crippen LogP contribution in [0.15, 0.2) is 283 Å². The van der Waals surface area contributed by atoms with E-state index in [1.807, 2.05) is 18.2 Å². The van der Waals surface area contributed by atoms with Crippen LogP contribution in [0.2, 0.25) is 0 Å². The Morgan fingerprint density at radius 2 is 0.689 bits per heavy atom. The molecule has 0 saturated carbocycles. The lowest BCUT2D eigenvalue weighted by atomic mass is 9.67. The van der Waals surface area contributed by atoms with Crippen LogP contribution in [0.5, 0.6) is 0 Å². The molecule has 11 aromatic carbocycles. The summed E-state index contributed by atoms with van der Waals surface area (Å²) in [5.74, 6) is 0.661. The summed E-state index contributed by atoms with van der Waals surface area (Å²) in [6, 6.07) is 100. The molecule has 0 saturated heterocycles. The van der Waals surface area contributed by atoms with E-state index in [1.165, 1.54) is 33.4 Å². The number of nitrogens with zero attached hydrogens (tertiary/aromatic N) is 2. The lowest BCUT2D eigenvalue weighted by Crippen LogP contribution is -2.28. The molecular weight excluding hydrogens is 897 g/mol. The van der Waals surface area contributed by atoms with Crippen molar-refractivity contribution < 1.29 is 4.42 Å². The highest BCUT2D eigenvalue weighted by molar-refractivity contribution is 6.06. The number of aromatic nitrogens is 2. The maximum absolute atomic E-state index is 6.27. The molecule has 3 nitrogen and oxygen atoms in total. The molecule has 1 aliphatic rings. The molecule has 0 spiro atoms. The van der Waals surface area contributed by atoms with Gasteiger partial charge in [-0.2, -0.15) is 0 Å². The van der Waals surface area contributed by atoms with Crippen LogP contribution in [0.3, 0.4) is 0 Å². The Morgan fingerprint density at radius 3 is 1.28 bits per heavy atom. The van der Waals surface area contributed by atoms with Gasteiger partial charge in [0.2, 0.25) is 0 Å². The molecule has 0 atom stereocenters. The van der Waals surface area contributed by atoms with E-state index in [0.717, 1.165) is 94.5 Å². The third-order valence-electron chi connectivity index (χ3n) is 14.9. The molecule has 14 rings (SSSR count). The van der Waals surface area contributed by atoms with Crippen LogP contribution in [0, 0.1) is 0 Å². The van der Waals surface area contributed by atoms with E-state index in [1.54, 1.807) is 0 Å². The van der Waals surface area contributed by atoms with Crippen LogP contribution in [0.25, 0.3) is 111 Å². The van der Waals surface area contributed by atoms with Crippen molar-refractivity contribution in [2.24, 2.45) is 0 Å². The van der Waals surface area contributed by atoms with E-state index < -0.39 is 5.41 Å². The second-order valence-electron chi connectivity index (χ2n) is 19.3. The van der Waals surface area contributed by atoms with Crippen LogP contribution >= 0.6 is 0 Å². The predicted octanol–water partition coefficient (Wildman–Crippen LogP) is 18.4. The summed E-state index contributed by atoms with van der Waals surface area (Å²) in [5.41, 5.74) is 22.3. The third kappa shape index (κ3) is 7.36. The Morgan fingerprint density at radius 1 is 0.257 bits per heavy atom. The van der Waals surface area contributed by atoms with Gasteiger partial charge >= 0.3 is 0 Å². The van der Waals surface area contributed by atoms with Gasteiger partial charge in [-0.25, -0.2) is 9.97 Å². The highest BCUT2D eigenvalue weighted by Gasteiger charge is 2.46. The predicted molar refractivity (Wildman–Crippen MR) is 305 cm³/mol. The summed E-state index contributed by atoms with van der Waals surface area (Å²) in [6.45, 7) is 0. The van der Waals surface area contributed by atoms with Crippen molar-refractivity contribution in [2.45, 2.75) is 5.41 Å². The van der Waals surface area contributed by atoms with E-state index in [0.29, 0.717) is 5.82 Å². The number of furan rings is 1. The average molecular weight is 943 g/mol. The summed E-state index contributed by atoms with van der Waals surface area (Å²) in [4.78, 5) is 10.9. The number of fused-ring (bicyclic) bond motifs is 6. The molecule has 3 heteroatoms. The highest BCUT2D eigenvalue weighted by atomic mass is 16.3. The molecule has 2 heterocycles. The maximum Gasteiger partial charge on any atom is 0.160 e. The lowest BCUT2D eigenvalue weighted by Gasteiger charge is -2.34. The molecule has 0 amide bonds. The van der Waals surface area contributed by atoms with Crippen molar-refractivity contribution in [3.63, 3.8) is 0 Å². The summed E-state index contributed by atoms with van der Waals surface area (Å²) >= 11 is 0. The first-order valence-electron chi connectivity index (χ1n) is 25.3. The Bertz CT molecular complexity index is 4180. The normalized spacial score (nSPS) is 12.4. The molecule has 0 fully saturated rings. The Balaban J connectivity index is 0.979. The molecule has 0 unspecified atom stereocenters. The van der Waals surface area contributed by atoms with Gasteiger partial charge in [0.15, 0.2) is 5.82 Å². The average Bonchev–Trinajstić information content (AvgIpc) is 4.01. The smallest absolute Gasteiger partial charge is 0.160 e. The van der Waals surface area contributed by atoms with Gasteiger partial charge in [0.05, 0.1) is 16.8 Å². The lowest BCUT2D eigenvalue weighted by molar-refractivity contribution is 0.669. The molecule has 2 aromatic heterocycles. The van der Waals surface area contributed by atoms with Crippen LogP contribution in [-0.2, 0) is 5.41 Å². The van der Waals surface area contributed by atoms with E-state index >= 15 is 0 Å². The molecule has 13 aromatic rings. The SMILES string of the molecule is c1ccc(-c2cc(-c3ccc4c(c3)C(c3ccccc3)(c3ccccc3)c3ccccc3-4)cc(-c3cc(-c4cc(-c5ccccc5)cc(-c5ccc6oc7ccccc7c6c5)c4)nc(-c4ccccc4)n3)c2)cc1. The summed E-state index contributed by atoms with van der Waals surface area (Å²) in [7, 11) is 0. The highest BCUT2D eigenvalue weighted by Crippen LogP contribution is 2.57. The van der Waals surface area contributed by atoms with Gasteiger partial charge in [0, 0.05) is 27.5 Å². The van der Waals surface area contributed by atoms with E-state index in [4.69, 9.17) is 14.4 Å². The minimum absolute atomic E-state index is 0.526. The molecule has 74 heavy (non-hydrogen) atoms. The van der Waals surface area contributed by atoms with Crippen LogP contribution in [0.4, 0.5) is 0 Å². The topological polar surface area (TPSA) is 38.9 Å². The second-order valence-corrected chi connectivity index (χ2v) is 19.3. The van der Waals surface area contributed by atoms with Crippen molar-refractivity contribution in [1.29, 1.82) is 0 Å². The molecule has 0 aliphatic heterocycles. The monoisotopic (exact) mass is 942 g/mol. The second kappa shape index (κ2) is 17.9. The maximum atomic E-state index is 6.27. The number of hydrogen-bond acceptors (Lipinski definition) is 3.